The van der Waals surface area contributed by atoms with Crippen molar-refractivity contribution in [2.24, 2.45) is 0 Å². The molecule has 1 unspecified atom stereocenters. The van der Waals surface area contributed by atoms with E-state index in [2.05, 4.69) is 33.8 Å². The van der Waals surface area contributed by atoms with Gasteiger partial charge in [-0.1, -0.05) is 18.1 Å². The minimum absolute atomic E-state index is 0.152. The zero-order valence-electron chi connectivity index (χ0n) is 13.5. The summed E-state index contributed by atoms with van der Waals surface area (Å²) >= 11 is 2.15. The highest BCUT2D eigenvalue weighted by Gasteiger charge is 2.27. The standard InChI is InChI=1S/C19H16INO4/c1-3-9-24-17-14(20)10-12(11-16(17)23-4-2)19-21-18(22)13-7-5-6-8-15(13)25-19/h1,5-8,10-11,19H,4,9H2,2H3,(H,21,22). The van der Waals surface area contributed by atoms with E-state index in [1.807, 2.05) is 19.1 Å². The van der Waals surface area contributed by atoms with Crippen LogP contribution in [0.2, 0.25) is 0 Å². The number of benzene rings is 2. The van der Waals surface area contributed by atoms with Gasteiger partial charge in [0.25, 0.3) is 5.91 Å². The van der Waals surface area contributed by atoms with E-state index in [1.165, 1.54) is 0 Å². The number of amides is 1. The van der Waals surface area contributed by atoms with E-state index in [0.717, 1.165) is 9.13 Å². The van der Waals surface area contributed by atoms with Crippen LogP contribution in [-0.4, -0.2) is 19.1 Å². The van der Waals surface area contributed by atoms with Crippen molar-refractivity contribution in [1.82, 2.24) is 5.32 Å². The largest absolute Gasteiger partial charge is 0.490 e. The Bertz CT molecular complexity index is 844. The Morgan fingerprint density at radius 3 is 2.88 bits per heavy atom. The summed E-state index contributed by atoms with van der Waals surface area (Å²) < 4.78 is 18.0. The molecule has 1 amide bonds. The third kappa shape index (κ3) is 3.66. The molecule has 1 N–H and O–H groups in total. The van der Waals surface area contributed by atoms with E-state index in [4.69, 9.17) is 20.6 Å². The lowest BCUT2D eigenvalue weighted by atomic mass is 10.1. The van der Waals surface area contributed by atoms with Gasteiger partial charge in [0.1, 0.15) is 12.4 Å². The van der Waals surface area contributed by atoms with Gasteiger partial charge in [-0.2, -0.15) is 0 Å². The van der Waals surface area contributed by atoms with Gasteiger partial charge in [-0.05, 0) is 53.8 Å². The van der Waals surface area contributed by atoms with Crippen LogP contribution in [0.5, 0.6) is 17.2 Å². The maximum Gasteiger partial charge on any atom is 0.258 e. The fraction of sp³-hybridized carbons (Fsp3) is 0.211. The average Bonchev–Trinajstić information content (AvgIpc) is 2.61. The van der Waals surface area contributed by atoms with Crippen molar-refractivity contribution < 1.29 is 19.0 Å². The molecule has 2 aromatic rings. The van der Waals surface area contributed by atoms with Gasteiger partial charge in [-0.25, -0.2) is 0 Å². The van der Waals surface area contributed by atoms with Gasteiger partial charge >= 0.3 is 0 Å². The Balaban J connectivity index is 1.95. The predicted molar refractivity (Wildman–Crippen MR) is 102 cm³/mol. The third-order valence-corrected chi connectivity index (χ3v) is 4.37. The second-order valence-corrected chi connectivity index (χ2v) is 6.39. The third-order valence-electron chi connectivity index (χ3n) is 3.57. The van der Waals surface area contributed by atoms with Gasteiger partial charge in [-0.3, -0.25) is 4.79 Å². The molecule has 5 nitrogen and oxygen atoms in total. The molecular weight excluding hydrogens is 433 g/mol. The summed E-state index contributed by atoms with van der Waals surface area (Å²) in [5, 5.41) is 2.85. The molecule has 0 aromatic heterocycles. The minimum atomic E-state index is -0.600. The maximum atomic E-state index is 12.3. The summed E-state index contributed by atoms with van der Waals surface area (Å²) in [6.45, 7) is 2.52. The van der Waals surface area contributed by atoms with Crippen molar-refractivity contribution >= 4 is 28.5 Å². The highest BCUT2D eigenvalue weighted by atomic mass is 127. The molecule has 0 spiro atoms. The van der Waals surface area contributed by atoms with Crippen molar-refractivity contribution in [3.05, 3.63) is 51.1 Å². The average molecular weight is 449 g/mol. The first-order chi connectivity index (χ1) is 12.1. The summed E-state index contributed by atoms with van der Waals surface area (Å²) in [4.78, 5) is 12.3. The molecule has 128 valence electrons. The van der Waals surface area contributed by atoms with E-state index in [0.29, 0.717) is 29.4 Å². The number of carbonyl (C=O) groups excluding carboxylic acids is 1. The van der Waals surface area contributed by atoms with Gasteiger partial charge in [0.15, 0.2) is 17.7 Å². The summed E-state index contributed by atoms with van der Waals surface area (Å²) in [5.74, 6) is 3.98. The van der Waals surface area contributed by atoms with Crippen molar-refractivity contribution in [2.75, 3.05) is 13.2 Å². The van der Waals surface area contributed by atoms with Gasteiger partial charge in [0, 0.05) is 5.56 Å². The Hall–Kier alpha value is -2.40. The van der Waals surface area contributed by atoms with Crippen LogP contribution >= 0.6 is 22.6 Å². The monoisotopic (exact) mass is 449 g/mol. The normalized spacial score (nSPS) is 15.4. The molecule has 1 aliphatic rings. The van der Waals surface area contributed by atoms with E-state index in [1.54, 1.807) is 24.3 Å². The molecule has 0 saturated heterocycles. The second-order valence-electron chi connectivity index (χ2n) is 5.22. The lowest BCUT2D eigenvalue weighted by molar-refractivity contribution is 0.0755. The molecule has 1 atom stereocenters. The number of hydrogen-bond donors (Lipinski definition) is 1. The first kappa shape index (κ1) is 17.4. The number of terminal acetylenes is 1. The quantitative estimate of drug-likeness (QED) is 0.561. The SMILES string of the molecule is C#CCOc1c(I)cc(C2NC(=O)c3ccccc3O2)cc1OCC. The Kier molecular flexibility index (Phi) is 5.34. The molecule has 0 aliphatic carbocycles. The van der Waals surface area contributed by atoms with Crippen LogP contribution < -0.4 is 19.5 Å². The van der Waals surface area contributed by atoms with Gasteiger partial charge < -0.3 is 19.5 Å². The molecule has 0 fully saturated rings. The number of nitrogens with one attached hydrogen (secondary N) is 1. The first-order valence-electron chi connectivity index (χ1n) is 7.73. The molecule has 3 rings (SSSR count). The highest BCUT2D eigenvalue weighted by molar-refractivity contribution is 14.1. The lowest BCUT2D eigenvalue weighted by Gasteiger charge is -2.27. The second kappa shape index (κ2) is 7.66. The zero-order valence-corrected chi connectivity index (χ0v) is 15.7. The molecule has 6 heteroatoms. The molecule has 25 heavy (non-hydrogen) atoms. The molecule has 1 heterocycles. The summed E-state index contributed by atoms with van der Waals surface area (Å²) in [6.07, 6.45) is 4.67. The summed E-state index contributed by atoms with van der Waals surface area (Å²) in [7, 11) is 0. The van der Waals surface area contributed by atoms with E-state index in [9.17, 15) is 4.79 Å². The molecule has 0 saturated carbocycles. The molecule has 1 aliphatic heterocycles. The van der Waals surface area contributed by atoms with Crippen LogP contribution in [0, 0.1) is 15.9 Å². The maximum absolute atomic E-state index is 12.3. The van der Waals surface area contributed by atoms with E-state index < -0.39 is 6.23 Å². The zero-order chi connectivity index (χ0) is 17.8. The Morgan fingerprint density at radius 2 is 2.12 bits per heavy atom. The predicted octanol–water partition coefficient (Wildman–Crippen LogP) is 3.52. The van der Waals surface area contributed by atoms with Crippen molar-refractivity contribution in [3.63, 3.8) is 0 Å². The summed E-state index contributed by atoms with van der Waals surface area (Å²) in [5.41, 5.74) is 1.29. The Morgan fingerprint density at radius 1 is 1.32 bits per heavy atom. The first-order valence-corrected chi connectivity index (χ1v) is 8.81. The van der Waals surface area contributed by atoms with Crippen molar-refractivity contribution in [1.29, 1.82) is 0 Å². The number of fused-ring (bicyclic) bond motifs is 1. The van der Waals surface area contributed by atoms with Crippen LogP contribution in [0.3, 0.4) is 0 Å². The van der Waals surface area contributed by atoms with Crippen LogP contribution in [0.1, 0.15) is 29.1 Å². The van der Waals surface area contributed by atoms with E-state index >= 15 is 0 Å². The lowest BCUT2D eigenvalue weighted by Crippen LogP contribution is -2.36. The van der Waals surface area contributed by atoms with Crippen molar-refractivity contribution in [3.8, 4) is 29.6 Å². The van der Waals surface area contributed by atoms with Crippen LogP contribution in [0.4, 0.5) is 0 Å². The van der Waals surface area contributed by atoms with E-state index in [-0.39, 0.29) is 12.5 Å². The van der Waals surface area contributed by atoms with Gasteiger partial charge in [0.05, 0.1) is 15.7 Å². The Labute approximate surface area is 159 Å². The number of para-hydroxylation sites is 1. The van der Waals surface area contributed by atoms with Gasteiger partial charge in [-0.15, -0.1) is 6.42 Å². The molecular formula is C19H16INO4. The van der Waals surface area contributed by atoms with Crippen molar-refractivity contribution in [2.45, 2.75) is 13.2 Å². The number of rotatable bonds is 5. The molecule has 2 aromatic carbocycles. The molecule has 0 radical (unpaired) electrons. The molecule has 0 bridgehead atoms. The topological polar surface area (TPSA) is 56.8 Å². The fourth-order valence-corrected chi connectivity index (χ4v) is 3.30. The summed E-state index contributed by atoms with van der Waals surface area (Å²) in [6, 6.07) is 10.8. The minimum Gasteiger partial charge on any atom is -0.490 e. The smallest absolute Gasteiger partial charge is 0.258 e. The fourth-order valence-electron chi connectivity index (χ4n) is 2.52. The number of hydrogen-bond acceptors (Lipinski definition) is 4. The number of ether oxygens (including phenoxy) is 3. The van der Waals surface area contributed by atoms with Gasteiger partial charge in [0.2, 0.25) is 0 Å². The van der Waals surface area contributed by atoms with Crippen LogP contribution in [-0.2, 0) is 0 Å². The number of carbonyl (C=O) groups is 1. The van der Waals surface area contributed by atoms with Crippen LogP contribution in [0.15, 0.2) is 36.4 Å². The van der Waals surface area contributed by atoms with Crippen LogP contribution in [0.25, 0.3) is 0 Å². The number of halogens is 1. The highest BCUT2D eigenvalue weighted by Crippen LogP contribution is 2.37.